The van der Waals surface area contributed by atoms with Gasteiger partial charge in [0.25, 0.3) is 0 Å². The number of hydrogen-bond donors (Lipinski definition) is 2. The molecule has 0 aromatic rings. The summed E-state index contributed by atoms with van der Waals surface area (Å²) in [4.78, 5) is 13.9. The maximum absolute atomic E-state index is 11.5. The zero-order valence-electron chi connectivity index (χ0n) is 12.3. The van der Waals surface area contributed by atoms with E-state index in [0.717, 1.165) is 19.0 Å². The standard InChI is InChI=1S/C14H29N3O/c1-5-12-7-6-11(4)17(8-12)9-13(14(15)18)16-10(2)3/h10-13,16H,5-9H2,1-4H3,(H2,15,18). The predicted octanol–water partition coefficient (Wildman–Crippen LogP) is 1.35. The van der Waals surface area contributed by atoms with Gasteiger partial charge in [0, 0.05) is 25.2 Å². The van der Waals surface area contributed by atoms with Crippen LogP contribution in [-0.4, -0.2) is 42.0 Å². The highest BCUT2D eigenvalue weighted by Gasteiger charge is 2.28. The Morgan fingerprint density at radius 3 is 2.61 bits per heavy atom. The summed E-state index contributed by atoms with van der Waals surface area (Å²) in [5.41, 5.74) is 5.49. The highest BCUT2D eigenvalue weighted by molar-refractivity contribution is 5.80. The molecule has 0 radical (unpaired) electrons. The van der Waals surface area contributed by atoms with Crippen molar-refractivity contribution in [3.05, 3.63) is 0 Å². The zero-order valence-corrected chi connectivity index (χ0v) is 12.3. The molecule has 0 aliphatic carbocycles. The van der Waals surface area contributed by atoms with Gasteiger partial charge in [-0.1, -0.05) is 27.2 Å². The molecule has 1 saturated heterocycles. The predicted molar refractivity (Wildman–Crippen MR) is 75.3 cm³/mol. The van der Waals surface area contributed by atoms with Gasteiger partial charge in [-0.3, -0.25) is 9.69 Å². The fourth-order valence-electron chi connectivity index (χ4n) is 2.71. The summed E-state index contributed by atoms with van der Waals surface area (Å²) < 4.78 is 0. The molecule has 18 heavy (non-hydrogen) atoms. The van der Waals surface area contributed by atoms with Crippen LogP contribution in [0.25, 0.3) is 0 Å². The van der Waals surface area contributed by atoms with Gasteiger partial charge >= 0.3 is 0 Å². The van der Waals surface area contributed by atoms with Crippen LogP contribution in [0.1, 0.15) is 47.0 Å². The number of carbonyl (C=O) groups is 1. The van der Waals surface area contributed by atoms with Gasteiger partial charge in [0.05, 0.1) is 6.04 Å². The molecule has 1 amide bonds. The van der Waals surface area contributed by atoms with Gasteiger partial charge in [0.1, 0.15) is 0 Å². The lowest BCUT2D eigenvalue weighted by Gasteiger charge is -2.39. The van der Waals surface area contributed by atoms with Crippen molar-refractivity contribution < 1.29 is 4.79 Å². The van der Waals surface area contributed by atoms with E-state index in [9.17, 15) is 4.79 Å². The molecule has 1 fully saturated rings. The molecule has 4 heteroatoms. The summed E-state index contributed by atoms with van der Waals surface area (Å²) in [6.07, 6.45) is 3.76. The van der Waals surface area contributed by atoms with E-state index in [1.165, 1.54) is 19.3 Å². The normalized spacial score (nSPS) is 27.4. The molecule has 1 aliphatic rings. The van der Waals surface area contributed by atoms with Gasteiger partial charge < -0.3 is 11.1 Å². The van der Waals surface area contributed by atoms with Crippen molar-refractivity contribution in [2.45, 2.75) is 65.1 Å². The van der Waals surface area contributed by atoms with Crippen LogP contribution < -0.4 is 11.1 Å². The second kappa shape index (κ2) is 7.10. The number of nitrogens with zero attached hydrogens (tertiary/aromatic N) is 1. The second-order valence-corrected chi connectivity index (χ2v) is 5.93. The molecule has 1 rings (SSSR count). The molecule has 0 bridgehead atoms. The van der Waals surface area contributed by atoms with E-state index in [1.54, 1.807) is 0 Å². The summed E-state index contributed by atoms with van der Waals surface area (Å²) in [5.74, 6) is 0.531. The number of nitrogens with one attached hydrogen (secondary N) is 1. The Morgan fingerprint density at radius 1 is 1.44 bits per heavy atom. The van der Waals surface area contributed by atoms with Crippen LogP contribution in [0.2, 0.25) is 0 Å². The molecule has 4 nitrogen and oxygen atoms in total. The molecule has 1 aliphatic heterocycles. The van der Waals surface area contributed by atoms with Gasteiger partial charge in [-0.2, -0.15) is 0 Å². The van der Waals surface area contributed by atoms with Crippen molar-refractivity contribution in [1.82, 2.24) is 10.2 Å². The first-order chi connectivity index (χ1) is 8.43. The molecule has 0 aromatic carbocycles. The van der Waals surface area contributed by atoms with Crippen LogP contribution in [-0.2, 0) is 4.79 Å². The van der Waals surface area contributed by atoms with E-state index in [0.29, 0.717) is 6.04 Å². The van der Waals surface area contributed by atoms with Gasteiger partial charge in [0.2, 0.25) is 5.91 Å². The van der Waals surface area contributed by atoms with E-state index in [1.807, 2.05) is 13.8 Å². The van der Waals surface area contributed by atoms with E-state index in [-0.39, 0.29) is 18.0 Å². The molecule has 106 valence electrons. The van der Waals surface area contributed by atoms with Crippen molar-refractivity contribution in [2.24, 2.45) is 11.7 Å². The minimum absolute atomic E-state index is 0.233. The third-order valence-electron chi connectivity index (χ3n) is 3.98. The molecule has 3 N–H and O–H groups in total. The Balaban J connectivity index is 2.57. The summed E-state index contributed by atoms with van der Waals surface area (Å²) in [7, 11) is 0. The Bertz CT molecular complexity index is 268. The molecular formula is C14H29N3O. The van der Waals surface area contributed by atoms with Crippen molar-refractivity contribution in [2.75, 3.05) is 13.1 Å². The topological polar surface area (TPSA) is 58.4 Å². The third kappa shape index (κ3) is 4.58. The summed E-state index contributed by atoms with van der Waals surface area (Å²) in [6, 6.07) is 0.608. The summed E-state index contributed by atoms with van der Waals surface area (Å²) in [5, 5.41) is 3.26. The Labute approximate surface area is 111 Å². The average Bonchev–Trinajstić information content (AvgIpc) is 2.30. The maximum atomic E-state index is 11.5. The number of hydrogen-bond acceptors (Lipinski definition) is 3. The lowest BCUT2D eigenvalue weighted by Crippen LogP contribution is -2.54. The first-order valence-electron chi connectivity index (χ1n) is 7.23. The van der Waals surface area contributed by atoms with E-state index in [2.05, 4.69) is 24.1 Å². The van der Waals surface area contributed by atoms with Gasteiger partial charge in [0.15, 0.2) is 0 Å². The Kier molecular flexibility index (Phi) is 6.09. The molecule has 0 spiro atoms. The van der Waals surface area contributed by atoms with Crippen molar-refractivity contribution in [3.8, 4) is 0 Å². The number of nitrogens with two attached hydrogens (primary N) is 1. The van der Waals surface area contributed by atoms with Crippen LogP contribution >= 0.6 is 0 Å². The fourth-order valence-corrected chi connectivity index (χ4v) is 2.71. The molecule has 0 saturated carbocycles. The van der Waals surface area contributed by atoms with Crippen molar-refractivity contribution >= 4 is 5.91 Å². The number of primary amides is 1. The van der Waals surface area contributed by atoms with E-state index in [4.69, 9.17) is 5.73 Å². The molecular weight excluding hydrogens is 226 g/mol. The molecule has 3 atom stereocenters. The molecule has 1 heterocycles. The van der Waals surface area contributed by atoms with Gasteiger partial charge in [-0.15, -0.1) is 0 Å². The number of carbonyl (C=O) groups excluding carboxylic acids is 1. The number of rotatable bonds is 6. The SMILES string of the molecule is CCC1CCC(C)N(CC(NC(C)C)C(N)=O)C1. The van der Waals surface area contributed by atoms with Crippen molar-refractivity contribution in [1.29, 1.82) is 0 Å². The quantitative estimate of drug-likeness (QED) is 0.753. The smallest absolute Gasteiger partial charge is 0.235 e. The third-order valence-corrected chi connectivity index (χ3v) is 3.98. The van der Waals surface area contributed by atoms with Crippen molar-refractivity contribution in [3.63, 3.8) is 0 Å². The first kappa shape index (κ1) is 15.4. The first-order valence-corrected chi connectivity index (χ1v) is 7.23. The van der Waals surface area contributed by atoms with Crippen LogP contribution in [0.15, 0.2) is 0 Å². The lowest BCUT2D eigenvalue weighted by molar-refractivity contribution is -0.121. The maximum Gasteiger partial charge on any atom is 0.235 e. The Hall–Kier alpha value is -0.610. The van der Waals surface area contributed by atoms with Gasteiger partial charge in [-0.05, 0) is 25.7 Å². The fraction of sp³-hybridized carbons (Fsp3) is 0.929. The minimum Gasteiger partial charge on any atom is -0.368 e. The largest absolute Gasteiger partial charge is 0.368 e. The average molecular weight is 255 g/mol. The highest BCUT2D eigenvalue weighted by atomic mass is 16.1. The zero-order chi connectivity index (χ0) is 13.7. The van der Waals surface area contributed by atoms with Crippen LogP contribution in [0, 0.1) is 5.92 Å². The molecule has 0 aromatic heterocycles. The van der Waals surface area contributed by atoms with Crippen LogP contribution in [0.4, 0.5) is 0 Å². The van der Waals surface area contributed by atoms with Crippen LogP contribution in [0.5, 0.6) is 0 Å². The van der Waals surface area contributed by atoms with Gasteiger partial charge in [-0.25, -0.2) is 0 Å². The monoisotopic (exact) mass is 255 g/mol. The minimum atomic E-state index is -0.241. The van der Waals surface area contributed by atoms with E-state index < -0.39 is 0 Å². The molecule has 3 unspecified atom stereocenters. The van der Waals surface area contributed by atoms with Crippen LogP contribution in [0.3, 0.4) is 0 Å². The Morgan fingerprint density at radius 2 is 2.11 bits per heavy atom. The number of likely N-dealkylation sites (tertiary alicyclic amines) is 1. The highest BCUT2D eigenvalue weighted by Crippen LogP contribution is 2.23. The second-order valence-electron chi connectivity index (χ2n) is 5.93. The number of piperidine rings is 1. The summed E-state index contributed by atoms with van der Waals surface area (Å²) in [6.45, 7) is 10.4. The number of amides is 1. The lowest BCUT2D eigenvalue weighted by atomic mass is 9.91. The van der Waals surface area contributed by atoms with E-state index >= 15 is 0 Å². The summed E-state index contributed by atoms with van der Waals surface area (Å²) >= 11 is 0.